The fraction of sp³-hybridized carbons (Fsp3) is 0.130. The quantitative estimate of drug-likeness (QED) is 0.288. The molecule has 0 aliphatic carbocycles. The van der Waals surface area contributed by atoms with E-state index in [0.29, 0.717) is 44.2 Å². The zero-order valence-electron chi connectivity index (χ0n) is 17.1. The number of halogens is 2. The number of methoxy groups -OCH3 is 1. The molecule has 0 aliphatic heterocycles. The number of benzene rings is 3. The van der Waals surface area contributed by atoms with Crippen molar-refractivity contribution in [2.75, 3.05) is 12.5 Å². The van der Waals surface area contributed by atoms with Gasteiger partial charge in [0.1, 0.15) is 6.61 Å². The van der Waals surface area contributed by atoms with Gasteiger partial charge in [-0.2, -0.15) is 5.10 Å². The van der Waals surface area contributed by atoms with Gasteiger partial charge in [0, 0.05) is 26.7 Å². The minimum atomic E-state index is 0.201. The average molecular weight is 487 g/mol. The van der Waals surface area contributed by atoms with Crippen LogP contribution in [0.25, 0.3) is 11.4 Å². The predicted octanol–water partition coefficient (Wildman–Crippen LogP) is 6.25. The van der Waals surface area contributed by atoms with Crippen molar-refractivity contribution >= 4 is 35.4 Å². The lowest BCUT2D eigenvalue weighted by atomic mass is 10.1. The van der Waals surface area contributed by atoms with Crippen LogP contribution in [0.15, 0.2) is 66.7 Å². The molecule has 3 aromatic carbocycles. The molecule has 0 unspecified atom stereocenters. The largest absolute Gasteiger partial charge is 0.493 e. The number of ether oxygens (including phenoxy) is 2. The van der Waals surface area contributed by atoms with E-state index in [4.69, 9.17) is 44.9 Å². The Labute approximate surface area is 200 Å². The summed E-state index contributed by atoms with van der Waals surface area (Å²) in [4.78, 5) is 0. The van der Waals surface area contributed by atoms with Crippen molar-refractivity contribution < 1.29 is 9.47 Å². The molecule has 0 saturated heterocycles. The second kappa shape index (κ2) is 10.1. The molecular formula is C23H20Cl2N4O2S. The smallest absolute Gasteiger partial charge is 0.214 e. The van der Waals surface area contributed by atoms with Gasteiger partial charge in [0.2, 0.25) is 4.77 Å². The third kappa shape index (κ3) is 4.75. The number of hydrogen-bond donors (Lipinski definition) is 2. The minimum absolute atomic E-state index is 0.201. The van der Waals surface area contributed by atoms with E-state index in [-0.39, 0.29) is 6.61 Å². The third-order valence-electron chi connectivity index (χ3n) is 4.83. The molecular weight excluding hydrogens is 467 g/mol. The zero-order valence-corrected chi connectivity index (χ0v) is 19.5. The normalized spacial score (nSPS) is 10.7. The summed E-state index contributed by atoms with van der Waals surface area (Å²) >= 11 is 18.0. The molecule has 0 saturated carbocycles. The molecule has 2 N–H and O–H groups in total. The summed E-state index contributed by atoms with van der Waals surface area (Å²) in [5, 5.41) is 8.28. The van der Waals surface area contributed by atoms with E-state index in [1.54, 1.807) is 30.0 Å². The van der Waals surface area contributed by atoms with Crippen molar-refractivity contribution in [2.24, 2.45) is 0 Å². The van der Waals surface area contributed by atoms with Crippen molar-refractivity contribution in [1.29, 1.82) is 0 Å². The van der Waals surface area contributed by atoms with Crippen LogP contribution in [0.4, 0.5) is 0 Å². The highest BCUT2D eigenvalue weighted by Crippen LogP contribution is 2.34. The van der Waals surface area contributed by atoms with Crippen LogP contribution >= 0.6 is 35.4 Å². The van der Waals surface area contributed by atoms with Gasteiger partial charge in [-0.1, -0.05) is 71.7 Å². The Morgan fingerprint density at radius 2 is 1.72 bits per heavy atom. The Morgan fingerprint density at radius 1 is 1.00 bits per heavy atom. The topological polar surface area (TPSA) is 64.1 Å². The number of hydrogen-bond acceptors (Lipinski definition) is 5. The fourth-order valence-corrected chi connectivity index (χ4v) is 3.93. The summed E-state index contributed by atoms with van der Waals surface area (Å²) in [6.45, 7) is 0.614. The van der Waals surface area contributed by atoms with Crippen LogP contribution < -0.4 is 14.9 Å². The molecule has 0 spiro atoms. The van der Waals surface area contributed by atoms with Crippen LogP contribution in [0.2, 0.25) is 10.0 Å². The van der Waals surface area contributed by atoms with E-state index >= 15 is 0 Å². The summed E-state index contributed by atoms with van der Waals surface area (Å²) < 4.78 is 13.8. The first-order valence-corrected chi connectivity index (χ1v) is 10.9. The predicted molar refractivity (Wildman–Crippen MR) is 130 cm³/mol. The van der Waals surface area contributed by atoms with E-state index in [1.165, 1.54) is 0 Å². The van der Waals surface area contributed by atoms with Crippen LogP contribution in [0.3, 0.4) is 0 Å². The van der Waals surface area contributed by atoms with Crippen molar-refractivity contribution in [3.05, 3.63) is 92.7 Å². The van der Waals surface area contributed by atoms with Gasteiger partial charge >= 0.3 is 0 Å². The Bertz CT molecular complexity index is 1250. The highest BCUT2D eigenvalue weighted by Gasteiger charge is 2.15. The second-order valence-electron chi connectivity index (χ2n) is 6.83. The van der Waals surface area contributed by atoms with E-state index in [2.05, 4.69) is 15.6 Å². The highest BCUT2D eigenvalue weighted by molar-refractivity contribution is 7.71. The number of rotatable bonds is 8. The van der Waals surface area contributed by atoms with Gasteiger partial charge in [0.15, 0.2) is 17.3 Å². The molecule has 1 aromatic heterocycles. The third-order valence-corrected chi connectivity index (χ3v) is 5.82. The van der Waals surface area contributed by atoms with Crippen molar-refractivity contribution in [1.82, 2.24) is 14.9 Å². The van der Waals surface area contributed by atoms with E-state index in [9.17, 15) is 0 Å². The Balaban J connectivity index is 1.59. The molecule has 32 heavy (non-hydrogen) atoms. The van der Waals surface area contributed by atoms with Gasteiger partial charge in [0.05, 0.1) is 13.7 Å². The van der Waals surface area contributed by atoms with Crippen molar-refractivity contribution in [2.45, 2.75) is 13.2 Å². The zero-order chi connectivity index (χ0) is 22.5. The molecule has 0 aliphatic rings. The van der Waals surface area contributed by atoms with E-state index < -0.39 is 0 Å². The summed E-state index contributed by atoms with van der Waals surface area (Å²) in [7, 11) is 1.60. The molecule has 0 radical (unpaired) electrons. The van der Waals surface area contributed by atoms with Crippen LogP contribution in [0.5, 0.6) is 11.5 Å². The summed E-state index contributed by atoms with van der Waals surface area (Å²) in [6, 6.07) is 20.8. The maximum atomic E-state index is 6.30. The number of aromatic amines is 1. The molecule has 4 rings (SSSR count). The molecule has 0 bridgehead atoms. The van der Waals surface area contributed by atoms with Crippen molar-refractivity contribution in [3.8, 4) is 22.9 Å². The molecule has 1 heterocycles. The lowest BCUT2D eigenvalue weighted by Gasteiger charge is -2.17. The van der Waals surface area contributed by atoms with Crippen molar-refractivity contribution in [3.63, 3.8) is 0 Å². The fourth-order valence-electron chi connectivity index (χ4n) is 3.23. The van der Waals surface area contributed by atoms with Gasteiger partial charge in [-0.3, -0.25) is 0 Å². The monoisotopic (exact) mass is 486 g/mol. The molecule has 0 amide bonds. The molecule has 0 fully saturated rings. The summed E-state index contributed by atoms with van der Waals surface area (Å²) in [5.74, 6) is 1.88. The first-order chi connectivity index (χ1) is 15.6. The lowest BCUT2D eigenvalue weighted by molar-refractivity contribution is 0.281. The van der Waals surface area contributed by atoms with Gasteiger partial charge in [-0.15, -0.1) is 0 Å². The minimum Gasteiger partial charge on any atom is -0.493 e. The van der Waals surface area contributed by atoms with Crippen LogP contribution in [-0.4, -0.2) is 22.0 Å². The number of aromatic nitrogens is 3. The number of H-pyrrole nitrogens is 1. The molecule has 9 heteroatoms. The maximum absolute atomic E-state index is 6.30. The van der Waals surface area contributed by atoms with Gasteiger partial charge in [0.25, 0.3) is 0 Å². The maximum Gasteiger partial charge on any atom is 0.214 e. The van der Waals surface area contributed by atoms with Gasteiger partial charge < -0.3 is 14.9 Å². The molecule has 4 aromatic rings. The first kappa shape index (κ1) is 22.2. The summed E-state index contributed by atoms with van der Waals surface area (Å²) in [5.41, 5.74) is 5.84. The van der Waals surface area contributed by atoms with Crippen LogP contribution in [0.1, 0.15) is 11.1 Å². The Hall–Kier alpha value is -3.00. The van der Waals surface area contributed by atoms with Crippen LogP contribution in [0, 0.1) is 4.77 Å². The standard InChI is InChI=1S/C23H20Cl2N4O2S/c1-30-20-12-5-9-16(21(20)31-14-17-18(24)10-6-11-19(17)25)13-26-29-22(27-28-23(29)32)15-7-3-2-4-8-15/h2-12,26H,13-14H2,1H3,(H,28,32). The summed E-state index contributed by atoms with van der Waals surface area (Å²) in [6.07, 6.45) is 0. The van der Waals surface area contributed by atoms with E-state index in [0.717, 1.165) is 11.1 Å². The Morgan fingerprint density at radius 3 is 2.44 bits per heavy atom. The number of nitrogens with one attached hydrogen (secondary N) is 2. The Kier molecular flexibility index (Phi) is 6.99. The first-order valence-electron chi connectivity index (χ1n) is 9.76. The second-order valence-corrected chi connectivity index (χ2v) is 8.03. The van der Waals surface area contributed by atoms with Gasteiger partial charge in [-0.25, -0.2) is 9.77 Å². The molecule has 164 valence electrons. The average Bonchev–Trinajstić information content (AvgIpc) is 3.18. The number of para-hydroxylation sites is 1. The number of nitrogens with zero attached hydrogens (tertiary/aromatic N) is 2. The van der Waals surface area contributed by atoms with Gasteiger partial charge in [-0.05, 0) is 30.4 Å². The highest BCUT2D eigenvalue weighted by atomic mass is 35.5. The lowest BCUT2D eigenvalue weighted by Crippen LogP contribution is -2.16. The molecule has 6 nitrogen and oxygen atoms in total. The molecule has 0 atom stereocenters. The van der Waals surface area contributed by atoms with Crippen LogP contribution in [-0.2, 0) is 13.2 Å². The van der Waals surface area contributed by atoms with E-state index in [1.807, 2.05) is 48.5 Å². The SMILES string of the molecule is COc1cccc(CNn2c(-c3ccccc3)n[nH]c2=S)c1OCc1c(Cl)cccc1Cl.